The van der Waals surface area contributed by atoms with Crippen molar-refractivity contribution in [3.63, 3.8) is 0 Å². The van der Waals surface area contributed by atoms with Crippen LogP contribution in [0.2, 0.25) is 0 Å². The predicted molar refractivity (Wildman–Crippen MR) is 76.9 cm³/mol. The molecule has 2 nitrogen and oxygen atoms in total. The highest BCUT2D eigenvalue weighted by molar-refractivity contribution is 9.10. The largest absolute Gasteiger partial charge is 0.487 e. The molecule has 3 atom stereocenters. The summed E-state index contributed by atoms with van der Waals surface area (Å²) in [5.74, 6) is 1.85. The van der Waals surface area contributed by atoms with Crippen LogP contribution in [0.3, 0.4) is 0 Å². The highest BCUT2D eigenvalue weighted by Gasteiger charge is 2.44. The maximum absolute atomic E-state index is 6.39. The monoisotopic (exact) mass is 309 g/mol. The molecule has 18 heavy (non-hydrogen) atoms. The van der Waals surface area contributed by atoms with Gasteiger partial charge in [0.2, 0.25) is 0 Å². The van der Waals surface area contributed by atoms with E-state index >= 15 is 0 Å². The van der Waals surface area contributed by atoms with Crippen molar-refractivity contribution in [2.24, 2.45) is 5.92 Å². The number of nitrogens with one attached hydrogen (secondary N) is 1. The quantitative estimate of drug-likeness (QED) is 0.845. The van der Waals surface area contributed by atoms with Crippen molar-refractivity contribution in [3.8, 4) is 5.75 Å². The SMILES string of the molecule is CNC1CC2(CCC(C)C2)Oc2cc(Br)ccc21. The standard InChI is InChI=1S/C15H20BrNO/c1-10-5-6-15(8-10)9-13(17-2)12-4-3-11(16)7-14(12)18-15/h3-4,7,10,13,17H,5-6,8-9H2,1-2H3. The number of rotatable bonds is 1. The second-order valence-corrected chi connectivity index (χ2v) is 6.78. The number of benzene rings is 1. The van der Waals surface area contributed by atoms with Crippen molar-refractivity contribution < 1.29 is 4.74 Å². The van der Waals surface area contributed by atoms with Crippen LogP contribution in [0.15, 0.2) is 22.7 Å². The maximum atomic E-state index is 6.39. The molecule has 0 aromatic heterocycles. The van der Waals surface area contributed by atoms with E-state index in [9.17, 15) is 0 Å². The van der Waals surface area contributed by atoms with Crippen LogP contribution in [-0.4, -0.2) is 12.6 Å². The molecular formula is C15H20BrNO. The lowest BCUT2D eigenvalue weighted by Gasteiger charge is -2.40. The zero-order valence-electron chi connectivity index (χ0n) is 11.0. The molecule has 2 aliphatic rings. The van der Waals surface area contributed by atoms with Crippen LogP contribution in [-0.2, 0) is 0 Å². The minimum Gasteiger partial charge on any atom is -0.487 e. The Labute approximate surface area is 117 Å². The van der Waals surface area contributed by atoms with Crippen LogP contribution in [0, 0.1) is 5.92 Å². The van der Waals surface area contributed by atoms with Crippen LogP contribution < -0.4 is 10.1 Å². The van der Waals surface area contributed by atoms with Crippen LogP contribution in [0.25, 0.3) is 0 Å². The fraction of sp³-hybridized carbons (Fsp3) is 0.600. The lowest BCUT2D eigenvalue weighted by Crippen LogP contribution is -2.41. The predicted octanol–water partition coefficient (Wildman–Crippen LogP) is 4.05. The molecule has 0 bridgehead atoms. The molecule has 0 amide bonds. The summed E-state index contributed by atoms with van der Waals surface area (Å²) < 4.78 is 7.49. The van der Waals surface area contributed by atoms with E-state index in [2.05, 4.69) is 46.4 Å². The first-order valence-electron chi connectivity index (χ1n) is 6.78. The molecule has 1 heterocycles. The van der Waals surface area contributed by atoms with E-state index in [0.717, 1.165) is 22.6 Å². The van der Waals surface area contributed by atoms with Gasteiger partial charge in [0.15, 0.2) is 0 Å². The van der Waals surface area contributed by atoms with Gasteiger partial charge in [-0.25, -0.2) is 0 Å². The molecule has 1 fully saturated rings. The van der Waals surface area contributed by atoms with Crippen LogP contribution >= 0.6 is 15.9 Å². The Morgan fingerprint density at radius 2 is 2.22 bits per heavy atom. The lowest BCUT2D eigenvalue weighted by molar-refractivity contribution is 0.0347. The average molecular weight is 310 g/mol. The lowest BCUT2D eigenvalue weighted by atomic mass is 9.85. The van der Waals surface area contributed by atoms with E-state index < -0.39 is 0 Å². The zero-order valence-corrected chi connectivity index (χ0v) is 12.6. The summed E-state index contributed by atoms with van der Waals surface area (Å²) in [6, 6.07) is 6.81. The number of ether oxygens (including phenoxy) is 1. The molecule has 0 saturated heterocycles. The van der Waals surface area contributed by atoms with E-state index in [4.69, 9.17) is 4.74 Å². The molecule has 1 aliphatic carbocycles. The molecule has 98 valence electrons. The molecule has 1 aromatic carbocycles. The molecule has 3 rings (SSSR count). The van der Waals surface area contributed by atoms with Crippen molar-refractivity contribution in [1.82, 2.24) is 5.32 Å². The summed E-state index contributed by atoms with van der Waals surface area (Å²) in [5.41, 5.74) is 1.37. The Bertz CT molecular complexity index is 462. The summed E-state index contributed by atoms with van der Waals surface area (Å²) >= 11 is 3.54. The molecule has 0 radical (unpaired) electrons. The Kier molecular flexibility index (Phi) is 3.15. The van der Waals surface area contributed by atoms with Crippen molar-refractivity contribution in [3.05, 3.63) is 28.2 Å². The second-order valence-electron chi connectivity index (χ2n) is 5.86. The number of hydrogen-bond acceptors (Lipinski definition) is 2. The molecule has 3 unspecified atom stereocenters. The van der Waals surface area contributed by atoms with Crippen molar-refractivity contribution in [2.75, 3.05) is 7.05 Å². The Balaban J connectivity index is 1.98. The van der Waals surface area contributed by atoms with E-state index in [-0.39, 0.29) is 5.60 Å². The first-order valence-corrected chi connectivity index (χ1v) is 7.57. The van der Waals surface area contributed by atoms with E-state index in [1.165, 1.54) is 24.8 Å². The normalized spacial score (nSPS) is 34.4. The Morgan fingerprint density at radius 1 is 1.39 bits per heavy atom. The highest BCUT2D eigenvalue weighted by atomic mass is 79.9. The summed E-state index contributed by atoms with van der Waals surface area (Å²) in [5, 5.41) is 3.45. The van der Waals surface area contributed by atoms with Gasteiger partial charge in [-0.05, 0) is 44.4 Å². The van der Waals surface area contributed by atoms with E-state index in [1.807, 2.05) is 7.05 Å². The third-order valence-electron chi connectivity index (χ3n) is 4.42. The van der Waals surface area contributed by atoms with Crippen LogP contribution in [0.1, 0.15) is 44.2 Å². The first kappa shape index (κ1) is 12.5. The molecule has 1 aromatic rings. The number of halogens is 1. The fourth-order valence-electron chi connectivity index (χ4n) is 3.53. The van der Waals surface area contributed by atoms with Gasteiger partial charge in [-0.2, -0.15) is 0 Å². The molecule has 1 saturated carbocycles. The van der Waals surface area contributed by atoms with Gasteiger partial charge in [-0.3, -0.25) is 0 Å². The average Bonchev–Trinajstić information content (AvgIpc) is 2.68. The first-order chi connectivity index (χ1) is 8.62. The van der Waals surface area contributed by atoms with Gasteiger partial charge < -0.3 is 10.1 Å². The van der Waals surface area contributed by atoms with Crippen molar-refractivity contribution >= 4 is 15.9 Å². The maximum Gasteiger partial charge on any atom is 0.126 e. The minimum absolute atomic E-state index is 0.0703. The molecule has 1 aliphatic heterocycles. The Morgan fingerprint density at radius 3 is 2.89 bits per heavy atom. The van der Waals surface area contributed by atoms with Crippen LogP contribution in [0.4, 0.5) is 0 Å². The Hall–Kier alpha value is -0.540. The molecule has 1 N–H and O–H groups in total. The van der Waals surface area contributed by atoms with E-state index in [0.29, 0.717) is 6.04 Å². The van der Waals surface area contributed by atoms with Gasteiger partial charge in [0.25, 0.3) is 0 Å². The molecule has 3 heteroatoms. The summed E-state index contributed by atoms with van der Waals surface area (Å²) in [6.07, 6.45) is 4.78. The van der Waals surface area contributed by atoms with Crippen molar-refractivity contribution in [1.29, 1.82) is 0 Å². The minimum atomic E-state index is 0.0703. The smallest absolute Gasteiger partial charge is 0.126 e. The zero-order chi connectivity index (χ0) is 12.8. The van der Waals surface area contributed by atoms with Crippen molar-refractivity contribution in [2.45, 2.75) is 44.2 Å². The van der Waals surface area contributed by atoms with Gasteiger partial charge in [0.05, 0.1) is 0 Å². The highest BCUT2D eigenvalue weighted by Crippen LogP contribution is 2.49. The van der Waals surface area contributed by atoms with Gasteiger partial charge >= 0.3 is 0 Å². The third-order valence-corrected chi connectivity index (χ3v) is 4.91. The molecular weight excluding hydrogens is 290 g/mol. The molecule has 1 spiro atoms. The van der Waals surface area contributed by atoms with Gasteiger partial charge in [-0.1, -0.05) is 28.9 Å². The number of fused-ring (bicyclic) bond motifs is 1. The van der Waals surface area contributed by atoms with Crippen LogP contribution in [0.5, 0.6) is 5.75 Å². The summed E-state index contributed by atoms with van der Waals surface area (Å²) in [7, 11) is 2.05. The topological polar surface area (TPSA) is 21.3 Å². The summed E-state index contributed by atoms with van der Waals surface area (Å²) in [6.45, 7) is 2.34. The second kappa shape index (κ2) is 4.53. The third kappa shape index (κ3) is 2.08. The van der Waals surface area contributed by atoms with Gasteiger partial charge in [0.1, 0.15) is 11.4 Å². The fourth-order valence-corrected chi connectivity index (χ4v) is 3.87. The van der Waals surface area contributed by atoms with E-state index in [1.54, 1.807) is 0 Å². The van der Waals surface area contributed by atoms with Gasteiger partial charge in [-0.15, -0.1) is 0 Å². The van der Waals surface area contributed by atoms with Gasteiger partial charge in [0, 0.05) is 22.5 Å². The number of hydrogen-bond donors (Lipinski definition) is 1. The summed E-state index contributed by atoms with van der Waals surface area (Å²) in [4.78, 5) is 0.